The van der Waals surface area contributed by atoms with Gasteiger partial charge in [0.05, 0.1) is 24.9 Å². The van der Waals surface area contributed by atoms with E-state index < -0.39 is 0 Å². The lowest BCUT2D eigenvalue weighted by Gasteiger charge is -2.21. The number of aryl methyl sites for hydroxylation is 1. The number of hydrogen-bond acceptors (Lipinski definition) is 6. The zero-order valence-electron chi connectivity index (χ0n) is 14.4. The first kappa shape index (κ1) is 16.4. The summed E-state index contributed by atoms with van der Waals surface area (Å²) < 4.78 is 7.15. The van der Waals surface area contributed by atoms with Crippen molar-refractivity contribution in [3.8, 4) is 11.3 Å². The molecule has 3 aromatic heterocycles. The highest BCUT2D eigenvalue weighted by Crippen LogP contribution is 2.23. The van der Waals surface area contributed by atoms with Crippen molar-refractivity contribution < 1.29 is 4.74 Å². The van der Waals surface area contributed by atoms with E-state index in [0.717, 1.165) is 16.9 Å². The van der Waals surface area contributed by atoms with Crippen molar-refractivity contribution in [2.45, 2.75) is 19.0 Å². The molecule has 7 nitrogen and oxygen atoms in total. The van der Waals surface area contributed by atoms with Gasteiger partial charge in [-0.05, 0) is 37.3 Å². The summed E-state index contributed by atoms with van der Waals surface area (Å²) in [6, 6.07) is 10.7. The lowest BCUT2D eigenvalue weighted by atomic mass is 10.1. The molecule has 0 bridgehead atoms. The molecule has 1 aliphatic rings. The summed E-state index contributed by atoms with van der Waals surface area (Å²) in [5.41, 5.74) is 3.32. The minimum Gasteiger partial charge on any atom is -0.378 e. The van der Waals surface area contributed by atoms with Crippen LogP contribution in [0.25, 0.3) is 11.3 Å². The van der Waals surface area contributed by atoms with Crippen LogP contribution in [-0.4, -0.2) is 39.0 Å². The van der Waals surface area contributed by atoms with Gasteiger partial charge in [-0.2, -0.15) is 5.10 Å². The smallest absolute Gasteiger partial charge is 0.267 e. The molecule has 1 aliphatic heterocycles. The van der Waals surface area contributed by atoms with Gasteiger partial charge in [-0.25, -0.2) is 4.68 Å². The Morgan fingerprint density at radius 1 is 1.19 bits per heavy atom. The number of anilines is 1. The first-order valence-corrected chi connectivity index (χ1v) is 8.48. The second kappa shape index (κ2) is 7.05. The summed E-state index contributed by atoms with van der Waals surface area (Å²) in [6.45, 7) is 2.89. The molecule has 4 heterocycles. The Bertz CT molecular complexity index is 957. The molecule has 1 N–H and O–H groups in total. The highest BCUT2D eigenvalue weighted by Gasteiger charge is 2.31. The van der Waals surface area contributed by atoms with Gasteiger partial charge in [0.15, 0.2) is 0 Å². The summed E-state index contributed by atoms with van der Waals surface area (Å²) >= 11 is 0. The van der Waals surface area contributed by atoms with E-state index >= 15 is 0 Å². The molecule has 0 radical (unpaired) electrons. The van der Waals surface area contributed by atoms with Crippen molar-refractivity contribution in [1.82, 2.24) is 19.7 Å². The third kappa shape index (κ3) is 3.34. The number of ether oxygens (including phenoxy) is 1. The highest BCUT2D eigenvalue weighted by molar-refractivity contribution is 5.56. The fourth-order valence-corrected chi connectivity index (χ4v) is 3.10. The second-order valence-corrected chi connectivity index (χ2v) is 6.28. The molecule has 4 rings (SSSR count). The minimum atomic E-state index is -0.187. The Kier molecular flexibility index (Phi) is 4.45. The number of pyridine rings is 2. The topological polar surface area (TPSA) is 81.9 Å². The summed E-state index contributed by atoms with van der Waals surface area (Å²) in [5, 5.41) is 8.01. The molecular formula is C19H19N5O2. The number of nitrogens with zero attached hydrogens (tertiary/aromatic N) is 4. The molecule has 2 unspecified atom stereocenters. The molecule has 0 aliphatic carbocycles. The van der Waals surface area contributed by atoms with Crippen molar-refractivity contribution in [1.29, 1.82) is 0 Å². The third-order valence-corrected chi connectivity index (χ3v) is 4.40. The van der Waals surface area contributed by atoms with Gasteiger partial charge in [-0.15, -0.1) is 0 Å². The molecule has 1 saturated heterocycles. The fourth-order valence-electron chi connectivity index (χ4n) is 3.10. The number of nitrogens with one attached hydrogen (secondary N) is 1. The lowest BCUT2D eigenvalue weighted by Crippen LogP contribution is -2.37. The zero-order valence-corrected chi connectivity index (χ0v) is 14.4. The first-order chi connectivity index (χ1) is 12.7. The summed E-state index contributed by atoms with van der Waals surface area (Å²) in [4.78, 5) is 20.8. The Labute approximate surface area is 150 Å². The average Bonchev–Trinajstić information content (AvgIpc) is 3.11. The molecule has 132 valence electrons. The lowest BCUT2D eigenvalue weighted by molar-refractivity contribution is 0.183. The van der Waals surface area contributed by atoms with Crippen LogP contribution in [-0.2, 0) is 4.74 Å². The molecule has 0 amide bonds. The maximum Gasteiger partial charge on any atom is 0.267 e. The molecule has 0 saturated carbocycles. The largest absolute Gasteiger partial charge is 0.378 e. The van der Waals surface area contributed by atoms with E-state index in [1.165, 1.54) is 4.68 Å². The van der Waals surface area contributed by atoms with E-state index in [9.17, 15) is 4.79 Å². The van der Waals surface area contributed by atoms with Gasteiger partial charge >= 0.3 is 0 Å². The summed E-state index contributed by atoms with van der Waals surface area (Å²) in [6.07, 6.45) is 5.20. The fraction of sp³-hybridized carbons (Fsp3) is 0.263. The minimum absolute atomic E-state index is 0.0499. The van der Waals surface area contributed by atoms with Crippen molar-refractivity contribution in [2.75, 3.05) is 18.5 Å². The van der Waals surface area contributed by atoms with Crippen LogP contribution in [0.2, 0.25) is 0 Å². The van der Waals surface area contributed by atoms with Gasteiger partial charge in [0.1, 0.15) is 6.04 Å². The van der Waals surface area contributed by atoms with Gasteiger partial charge in [-0.3, -0.25) is 14.8 Å². The van der Waals surface area contributed by atoms with Crippen molar-refractivity contribution in [3.63, 3.8) is 0 Å². The Hall–Kier alpha value is -3.06. The molecule has 3 aromatic rings. The monoisotopic (exact) mass is 349 g/mol. The number of rotatable bonds is 4. The van der Waals surface area contributed by atoms with Gasteiger partial charge in [0.25, 0.3) is 5.56 Å². The van der Waals surface area contributed by atoms with Crippen LogP contribution in [0, 0.1) is 6.92 Å². The van der Waals surface area contributed by atoms with Crippen LogP contribution in [0.15, 0.2) is 59.8 Å². The van der Waals surface area contributed by atoms with E-state index in [4.69, 9.17) is 4.74 Å². The van der Waals surface area contributed by atoms with Gasteiger partial charge in [0, 0.05) is 41.6 Å². The molecular weight excluding hydrogens is 330 g/mol. The molecule has 1 fully saturated rings. The summed E-state index contributed by atoms with van der Waals surface area (Å²) in [5.74, 6) is 0. The SMILES string of the molecule is Cc1cc(NC2COCC2n2nc(-c3cccnc3)ccc2=O)ccn1. The predicted molar refractivity (Wildman–Crippen MR) is 98.0 cm³/mol. The Morgan fingerprint density at radius 2 is 2.12 bits per heavy atom. The zero-order chi connectivity index (χ0) is 17.9. The first-order valence-electron chi connectivity index (χ1n) is 8.48. The number of aromatic nitrogens is 4. The van der Waals surface area contributed by atoms with Crippen LogP contribution < -0.4 is 10.9 Å². The van der Waals surface area contributed by atoms with E-state index in [1.54, 1.807) is 30.7 Å². The van der Waals surface area contributed by atoms with Gasteiger partial charge in [0.2, 0.25) is 0 Å². The van der Waals surface area contributed by atoms with E-state index in [2.05, 4.69) is 20.4 Å². The molecule has 0 aromatic carbocycles. The van der Waals surface area contributed by atoms with Gasteiger partial charge in [-0.1, -0.05) is 0 Å². The van der Waals surface area contributed by atoms with Crippen molar-refractivity contribution in [2.24, 2.45) is 0 Å². The van der Waals surface area contributed by atoms with Crippen LogP contribution in [0.3, 0.4) is 0 Å². The van der Waals surface area contributed by atoms with Crippen LogP contribution in [0.5, 0.6) is 0 Å². The third-order valence-electron chi connectivity index (χ3n) is 4.40. The normalized spacial score (nSPS) is 19.4. The molecule has 26 heavy (non-hydrogen) atoms. The molecule has 0 spiro atoms. The second-order valence-electron chi connectivity index (χ2n) is 6.28. The van der Waals surface area contributed by atoms with Crippen molar-refractivity contribution >= 4 is 5.69 Å². The maximum atomic E-state index is 12.4. The number of hydrogen-bond donors (Lipinski definition) is 1. The van der Waals surface area contributed by atoms with Crippen LogP contribution >= 0.6 is 0 Å². The maximum absolute atomic E-state index is 12.4. The van der Waals surface area contributed by atoms with E-state index in [0.29, 0.717) is 18.9 Å². The molecule has 2 atom stereocenters. The van der Waals surface area contributed by atoms with E-state index in [-0.39, 0.29) is 17.6 Å². The predicted octanol–water partition coefficient (Wildman–Crippen LogP) is 2.06. The van der Waals surface area contributed by atoms with Crippen molar-refractivity contribution in [3.05, 3.63) is 71.0 Å². The van der Waals surface area contributed by atoms with Crippen LogP contribution in [0.4, 0.5) is 5.69 Å². The standard InChI is InChI=1S/C19H19N5O2/c1-13-9-15(6-8-21-13)22-17-11-26-12-18(17)24-19(25)5-4-16(23-24)14-3-2-7-20-10-14/h2-10,17-18H,11-12H2,1H3,(H,21,22). The Morgan fingerprint density at radius 3 is 2.92 bits per heavy atom. The Balaban J connectivity index is 1.64. The average molecular weight is 349 g/mol. The van der Waals surface area contributed by atoms with Gasteiger partial charge < -0.3 is 10.1 Å². The molecule has 7 heteroatoms. The summed E-state index contributed by atoms with van der Waals surface area (Å²) in [7, 11) is 0. The highest BCUT2D eigenvalue weighted by atomic mass is 16.5. The van der Waals surface area contributed by atoms with E-state index in [1.807, 2.05) is 31.2 Å². The van der Waals surface area contributed by atoms with Crippen LogP contribution in [0.1, 0.15) is 11.7 Å². The quantitative estimate of drug-likeness (QED) is 0.776.